The number of likely N-dealkylation sites (N-methyl/N-ethyl adjacent to an activating group) is 1. The normalized spacial score (nSPS) is 11.2. The number of hydrogen-bond donors (Lipinski definition) is 2. The van der Waals surface area contributed by atoms with E-state index < -0.39 is 5.54 Å². The molecule has 0 aromatic heterocycles. The van der Waals surface area contributed by atoms with Crippen molar-refractivity contribution in [3.8, 4) is 11.1 Å². The lowest BCUT2D eigenvalue weighted by atomic mass is 10.0. The number of amides is 1. The average molecular weight is 268 g/mol. The van der Waals surface area contributed by atoms with Gasteiger partial charge >= 0.3 is 0 Å². The molecule has 3 heteroatoms. The van der Waals surface area contributed by atoms with Gasteiger partial charge in [0.25, 0.3) is 0 Å². The molecule has 0 saturated heterocycles. The van der Waals surface area contributed by atoms with E-state index in [0.717, 1.165) is 11.3 Å². The summed E-state index contributed by atoms with van der Waals surface area (Å²) in [6, 6.07) is 18.0. The van der Waals surface area contributed by atoms with Crippen molar-refractivity contribution in [2.24, 2.45) is 0 Å². The fourth-order valence-electron chi connectivity index (χ4n) is 1.78. The summed E-state index contributed by atoms with van der Waals surface area (Å²) in [5, 5.41) is 5.90. The molecular formula is C17H20N2O. The zero-order valence-corrected chi connectivity index (χ0v) is 12.1. The molecule has 2 aromatic carbocycles. The van der Waals surface area contributed by atoms with E-state index in [1.807, 2.05) is 56.3 Å². The highest BCUT2D eigenvalue weighted by Crippen LogP contribution is 2.21. The molecule has 20 heavy (non-hydrogen) atoms. The van der Waals surface area contributed by atoms with Crippen LogP contribution in [0.4, 0.5) is 5.69 Å². The molecule has 3 nitrogen and oxygen atoms in total. The van der Waals surface area contributed by atoms with Crippen molar-refractivity contribution in [3.05, 3.63) is 54.6 Å². The molecule has 0 bridgehead atoms. The van der Waals surface area contributed by atoms with Gasteiger partial charge in [0.1, 0.15) is 0 Å². The Labute approximate surface area is 120 Å². The van der Waals surface area contributed by atoms with Crippen LogP contribution in [0.15, 0.2) is 54.6 Å². The Hall–Kier alpha value is -2.13. The summed E-state index contributed by atoms with van der Waals surface area (Å²) in [5.74, 6) is -0.0486. The Balaban J connectivity index is 2.12. The minimum atomic E-state index is -0.585. The quantitative estimate of drug-likeness (QED) is 0.893. The smallest absolute Gasteiger partial charge is 0.244 e. The van der Waals surface area contributed by atoms with Crippen LogP contribution in [-0.2, 0) is 4.79 Å². The Morgan fingerprint density at radius 2 is 1.45 bits per heavy atom. The highest BCUT2D eigenvalue weighted by atomic mass is 16.2. The van der Waals surface area contributed by atoms with Crippen LogP contribution < -0.4 is 10.6 Å². The van der Waals surface area contributed by atoms with Gasteiger partial charge in [-0.25, -0.2) is 0 Å². The molecule has 104 valence electrons. The van der Waals surface area contributed by atoms with Crippen LogP contribution in [0.25, 0.3) is 11.1 Å². The summed E-state index contributed by atoms with van der Waals surface area (Å²) in [7, 11) is 1.78. The molecule has 0 fully saturated rings. The molecule has 0 heterocycles. The molecule has 1 amide bonds. The summed E-state index contributed by atoms with van der Waals surface area (Å²) in [5.41, 5.74) is 2.52. The van der Waals surface area contributed by atoms with Gasteiger partial charge in [-0.1, -0.05) is 42.5 Å². The standard InChI is InChI=1S/C17H20N2O/c1-17(2,18-3)16(20)19-15-11-9-14(10-12-15)13-7-5-4-6-8-13/h4-12,18H,1-3H3,(H,19,20). The maximum absolute atomic E-state index is 12.0. The summed E-state index contributed by atoms with van der Waals surface area (Å²) < 4.78 is 0. The second-order valence-electron chi connectivity index (χ2n) is 5.27. The fraction of sp³-hybridized carbons (Fsp3) is 0.235. The van der Waals surface area contributed by atoms with Crippen molar-refractivity contribution in [2.75, 3.05) is 12.4 Å². The Kier molecular flexibility index (Phi) is 4.20. The minimum Gasteiger partial charge on any atom is -0.325 e. The van der Waals surface area contributed by atoms with E-state index in [1.54, 1.807) is 7.05 Å². The predicted molar refractivity (Wildman–Crippen MR) is 83.6 cm³/mol. The molecule has 2 N–H and O–H groups in total. The first-order valence-electron chi connectivity index (χ1n) is 6.69. The number of rotatable bonds is 4. The molecule has 2 aromatic rings. The fourth-order valence-corrected chi connectivity index (χ4v) is 1.78. The third-order valence-electron chi connectivity index (χ3n) is 3.44. The number of carbonyl (C=O) groups is 1. The molecule has 0 radical (unpaired) electrons. The minimum absolute atomic E-state index is 0.0486. The van der Waals surface area contributed by atoms with Crippen LogP contribution in [0.1, 0.15) is 13.8 Å². The van der Waals surface area contributed by atoms with Gasteiger partial charge in [0.2, 0.25) is 5.91 Å². The second kappa shape index (κ2) is 5.88. The Bertz CT molecular complexity index is 574. The van der Waals surface area contributed by atoms with Gasteiger partial charge in [0, 0.05) is 5.69 Å². The van der Waals surface area contributed by atoms with E-state index >= 15 is 0 Å². The first-order chi connectivity index (χ1) is 9.53. The van der Waals surface area contributed by atoms with Crippen molar-refractivity contribution < 1.29 is 4.79 Å². The molecular weight excluding hydrogens is 248 g/mol. The van der Waals surface area contributed by atoms with E-state index in [9.17, 15) is 4.79 Å². The SMILES string of the molecule is CNC(C)(C)C(=O)Nc1ccc(-c2ccccc2)cc1. The van der Waals surface area contributed by atoms with Crippen LogP contribution >= 0.6 is 0 Å². The van der Waals surface area contributed by atoms with Crippen LogP contribution in [0.3, 0.4) is 0 Å². The Morgan fingerprint density at radius 1 is 0.900 bits per heavy atom. The molecule has 0 atom stereocenters. The number of hydrogen-bond acceptors (Lipinski definition) is 2. The molecule has 0 spiro atoms. The lowest BCUT2D eigenvalue weighted by molar-refractivity contribution is -0.121. The lowest BCUT2D eigenvalue weighted by Gasteiger charge is -2.22. The third-order valence-corrected chi connectivity index (χ3v) is 3.44. The largest absolute Gasteiger partial charge is 0.325 e. The van der Waals surface area contributed by atoms with E-state index in [1.165, 1.54) is 5.56 Å². The van der Waals surface area contributed by atoms with Gasteiger partial charge in [-0.3, -0.25) is 4.79 Å². The highest BCUT2D eigenvalue weighted by molar-refractivity contribution is 5.97. The number of carbonyl (C=O) groups excluding carboxylic acids is 1. The zero-order valence-electron chi connectivity index (χ0n) is 12.1. The van der Waals surface area contributed by atoms with Crippen molar-refractivity contribution >= 4 is 11.6 Å². The van der Waals surface area contributed by atoms with Crippen molar-refractivity contribution in [2.45, 2.75) is 19.4 Å². The molecule has 0 unspecified atom stereocenters. The van der Waals surface area contributed by atoms with Crippen molar-refractivity contribution in [1.82, 2.24) is 5.32 Å². The maximum Gasteiger partial charge on any atom is 0.244 e. The van der Waals surface area contributed by atoms with Crippen molar-refractivity contribution in [3.63, 3.8) is 0 Å². The van der Waals surface area contributed by atoms with Gasteiger partial charge in [0.15, 0.2) is 0 Å². The average Bonchev–Trinajstić information content (AvgIpc) is 2.49. The van der Waals surface area contributed by atoms with E-state index in [0.29, 0.717) is 0 Å². The molecule has 0 aliphatic carbocycles. The van der Waals surface area contributed by atoms with E-state index in [2.05, 4.69) is 22.8 Å². The van der Waals surface area contributed by atoms with Gasteiger partial charge < -0.3 is 10.6 Å². The van der Waals surface area contributed by atoms with Gasteiger partial charge in [-0.05, 0) is 44.2 Å². The topological polar surface area (TPSA) is 41.1 Å². The monoisotopic (exact) mass is 268 g/mol. The molecule has 0 aliphatic rings. The number of benzene rings is 2. The third kappa shape index (κ3) is 3.25. The van der Waals surface area contributed by atoms with Crippen LogP contribution in [0, 0.1) is 0 Å². The predicted octanol–water partition coefficient (Wildman–Crippen LogP) is 3.29. The van der Waals surface area contributed by atoms with Crippen LogP contribution in [0.5, 0.6) is 0 Å². The zero-order chi connectivity index (χ0) is 14.6. The van der Waals surface area contributed by atoms with Gasteiger partial charge in [0.05, 0.1) is 5.54 Å². The molecule has 0 aliphatic heterocycles. The van der Waals surface area contributed by atoms with Gasteiger partial charge in [-0.15, -0.1) is 0 Å². The summed E-state index contributed by atoms with van der Waals surface area (Å²) in [4.78, 5) is 12.0. The first-order valence-corrected chi connectivity index (χ1v) is 6.69. The van der Waals surface area contributed by atoms with Crippen LogP contribution in [0.2, 0.25) is 0 Å². The van der Waals surface area contributed by atoms with Crippen LogP contribution in [-0.4, -0.2) is 18.5 Å². The second-order valence-corrected chi connectivity index (χ2v) is 5.27. The van der Waals surface area contributed by atoms with E-state index in [-0.39, 0.29) is 5.91 Å². The lowest BCUT2D eigenvalue weighted by Crippen LogP contribution is -2.47. The number of anilines is 1. The van der Waals surface area contributed by atoms with Crippen molar-refractivity contribution in [1.29, 1.82) is 0 Å². The summed E-state index contributed by atoms with van der Waals surface area (Å²) in [6.45, 7) is 3.70. The maximum atomic E-state index is 12.0. The Morgan fingerprint density at radius 3 is 2.00 bits per heavy atom. The summed E-state index contributed by atoms with van der Waals surface area (Å²) in [6.07, 6.45) is 0. The van der Waals surface area contributed by atoms with Gasteiger partial charge in [-0.2, -0.15) is 0 Å². The first kappa shape index (κ1) is 14.3. The molecule has 2 rings (SSSR count). The summed E-state index contributed by atoms with van der Waals surface area (Å²) >= 11 is 0. The van der Waals surface area contributed by atoms with E-state index in [4.69, 9.17) is 0 Å². The number of nitrogens with one attached hydrogen (secondary N) is 2. The molecule has 0 saturated carbocycles. The highest BCUT2D eigenvalue weighted by Gasteiger charge is 2.24.